The second kappa shape index (κ2) is 6.48. The van der Waals surface area contributed by atoms with Gasteiger partial charge >= 0.3 is 0 Å². The van der Waals surface area contributed by atoms with Gasteiger partial charge in [-0.3, -0.25) is 4.98 Å². The standard InChI is InChI=1S/C16H20FN3/c1-12(18)15-11-13(17)6-7-16(15)20(2)10-8-14-5-3-4-9-19-14/h3-7,9,11-12H,8,10,18H2,1-2H3. The fourth-order valence-electron chi connectivity index (χ4n) is 2.19. The van der Waals surface area contributed by atoms with Gasteiger partial charge in [-0.05, 0) is 42.8 Å². The van der Waals surface area contributed by atoms with Crippen LogP contribution in [-0.2, 0) is 6.42 Å². The van der Waals surface area contributed by atoms with E-state index in [-0.39, 0.29) is 11.9 Å². The molecule has 2 rings (SSSR count). The van der Waals surface area contributed by atoms with Crippen LogP contribution in [0.2, 0.25) is 0 Å². The fourth-order valence-corrected chi connectivity index (χ4v) is 2.19. The molecule has 1 aromatic heterocycles. The summed E-state index contributed by atoms with van der Waals surface area (Å²) in [5.74, 6) is -0.251. The van der Waals surface area contributed by atoms with Crippen LogP contribution in [0.4, 0.5) is 10.1 Å². The summed E-state index contributed by atoms with van der Waals surface area (Å²) in [7, 11) is 1.99. The highest BCUT2D eigenvalue weighted by Crippen LogP contribution is 2.25. The van der Waals surface area contributed by atoms with Crippen molar-refractivity contribution in [1.29, 1.82) is 0 Å². The molecular formula is C16H20FN3. The lowest BCUT2D eigenvalue weighted by Gasteiger charge is -2.24. The SMILES string of the molecule is CC(N)c1cc(F)ccc1N(C)CCc1ccccn1. The molecule has 0 saturated carbocycles. The molecule has 20 heavy (non-hydrogen) atoms. The van der Waals surface area contributed by atoms with Gasteiger partial charge in [0.25, 0.3) is 0 Å². The molecule has 0 bridgehead atoms. The smallest absolute Gasteiger partial charge is 0.123 e. The van der Waals surface area contributed by atoms with Crippen molar-refractivity contribution >= 4 is 5.69 Å². The topological polar surface area (TPSA) is 42.1 Å². The highest BCUT2D eigenvalue weighted by molar-refractivity contribution is 5.54. The Kier molecular flexibility index (Phi) is 4.69. The summed E-state index contributed by atoms with van der Waals surface area (Å²) in [4.78, 5) is 6.39. The van der Waals surface area contributed by atoms with E-state index >= 15 is 0 Å². The summed E-state index contributed by atoms with van der Waals surface area (Å²) in [6, 6.07) is 10.5. The molecule has 3 nitrogen and oxygen atoms in total. The van der Waals surface area contributed by atoms with E-state index in [1.54, 1.807) is 12.3 Å². The van der Waals surface area contributed by atoms with Crippen molar-refractivity contribution < 1.29 is 4.39 Å². The zero-order valence-electron chi connectivity index (χ0n) is 11.9. The van der Waals surface area contributed by atoms with Crippen molar-refractivity contribution in [2.24, 2.45) is 5.73 Å². The molecule has 0 saturated heterocycles. The second-order valence-corrected chi connectivity index (χ2v) is 4.98. The Morgan fingerprint density at radius 1 is 1.30 bits per heavy atom. The Labute approximate surface area is 119 Å². The zero-order valence-corrected chi connectivity index (χ0v) is 11.9. The third kappa shape index (κ3) is 3.54. The minimum Gasteiger partial charge on any atom is -0.374 e. The molecule has 1 atom stereocenters. The first-order valence-electron chi connectivity index (χ1n) is 6.74. The second-order valence-electron chi connectivity index (χ2n) is 4.98. The quantitative estimate of drug-likeness (QED) is 0.910. The van der Waals surface area contributed by atoms with E-state index < -0.39 is 0 Å². The first-order chi connectivity index (χ1) is 9.58. The predicted octanol–water partition coefficient (Wildman–Crippen LogP) is 2.92. The molecule has 0 aliphatic rings. The Morgan fingerprint density at radius 3 is 2.75 bits per heavy atom. The van der Waals surface area contributed by atoms with Crippen molar-refractivity contribution in [3.05, 3.63) is 59.7 Å². The van der Waals surface area contributed by atoms with Gasteiger partial charge in [-0.25, -0.2) is 4.39 Å². The number of hydrogen-bond acceptors (Lipinski definition) is 3. The summed E-state index contributed by atoms with van der Waals surface area (Å²) in [6.07, 6.45) is 2.63. The van der Waals surface area contributed by atoms with Crippen molar-refractivity contribution in [3.63, 3.8) is 0 Å². The number of anilines is 1. The number of nitrogens with two attached hydrogens (primary N) is 1. The molecule has 0 fully saturated rings. The molecule has 0 amide bonds. The van der Waals surface area contributed by atoms with E-state index in [1.165, 1.54) is 12.1 Å². The summed E-state index contributed by atoms with van der Waals surface area (Å²) in [6.45, 7) is 2.67. The van der Waals surface area contributed by atoms with Crippen LogP contribution in [-0.4, -0.2) is 18.6 Å². The van der Waals surface area contributed by atoms with Crippen molar-refractivity contribution in [3.8, 4) is 0 Å². The van der Waals surface area contributed by atoms with Crippen LogP contribution in [0.1, 0.15) is 24.2 Å². The Balaban J connectivity index is 2.11. The Morgan fingerprint density at radius 2 is 2.10 bits per heavy atom. The highest BCUT2D eigenvalue weighted by Gasteiger charge is 2.12. The highest BCUT2D eigenvalue weighted by atomic mass is 19.1. The van der Waals surface area contributed by atoms with Gasteiger partial charge in [-0.2, -0.15) is 0 Å². The average molecular weight is 273 g/mol. The minimum absolute atomic E-state index is 0.196. The Bertz CT molecular complexity index is 555. The largest absolute Gasteiger partial charge is 0.374 e. The maximum Gasteiger partial charge on any atom is 0.123 e. The summed E-state index contributed by atoms with van der Waals surface area (Å²) >= 11 is 0. The van der Waals surface area contributed by atoms with E-state index in [4.69, 9.17) is 5.73 Å². The molecule has 0 spiro atoms. The zero-order chi connectivity index (χ0) is 14.5. The van der Waals surface area contributed by atoms with Gasteiger partial charge < -0.3 is 10.6 Å². The molecule has 4 heteroatoms. The van der Waals surface area contributed by atoms with Crippen molar-refractivity contribution in [1.82, 2.24) is 4.98 Å². The predicted molar refractivity (Wildman–Crippen MR) is 80.2 cm³/mol. The monoisotopic (exact) mass is 273 g/mol. The average Bonchev–Trinajstić information content (AvgIpc) is 2.45. The van der Waals surface area contributed by atoms with Crippen molar-refractivity contribution in [2.75, 3.05) is 18.5 Å². The molecule has 1 heterocycles. The van der Waals surface area contributed by atoms with Gasteiger partial charge in [0.05, 0.1) is 0 Å². The van der Waals surface area contributed by atoms with Gasteiger partial charge in [0.1, 0.15) is 5.82 Å². The minimum atomic E-state index is -0.251. The number of halogens is 1. The molecule has 1 aromatic carbocycles. The first kappa shape index (κ1) is 14.5. The first-order valence-corrected chi connectivity index (χ1v) is 6.74. The number of rotatable bonds is 5. The van der Waals surface area contributed by atoms with Crippen LogP contribution in [0.3, 0.4) is 0 Å². The van der Waals surface area contributed by atoms with E-state index in [9.17, 15) is 4.39 Å². The molecule has 2 N–H and O–H groups in total. The van der Waals surface area contributed by atoms with Gasteiger partial charge in [-0.1, -0.05) is 6.07 Å². The van der Waals surface area contributed by atoms with E-state index in [2.05, 4.69) is 9.88 Å². The van der Waals surface area contributed by atoms with Crippen molar-refractivity contribution in [2.45, 2.75) is 19.4 Å². The number of pyridine rings is 1. The Hall–Kier alpha value is -1.94. The molecular weight excluding hydrogens is 253 g/mol. The number of aromatic nitrogens is 1. The number of hydrogen-bond donors (Lipinski definition) is 1. The summed E-state index contributed by atoms with van der Waals surface area (Å²) in [5.41, 5.74) is 8.77. The maximum absolute atomic E-state index is 13.3. The number of nitrogens with zero attached hydrogens (tertiary/aromatic N) is 2. The number of benzene rings is 1. The summed E-state index contributed by atoms with van der Waals surface area (Å²) < 4.78 is 13.3. The molecule has 106 valence electrons. The lowest BCUT2D eigenvalue weighted by molar-refractivity contribution is 0.621. The van der Waals surface area contributed by atoms with Gasteiger partial charge in [0.15, 0.2) is 0 Å². The normalized spacial score (nSPS) is 12.2. The molecule has 0 aliphatic heterocycles. The van der Waals surface area contributed by atoms with Gasteiger partial charge in [0.2, 0.25) is 0 Å². The third-order valence-electron chi connectivity index (χ3n) is 3.32. The van der Waals surface area contributed by atoms with E-state index in [1.807, 2.05) is 32.2 Å². The van der Waals surface area contributed by atoms with Crippen LogP contribution < -0.4 is 10.6 Å². The van der Waals surface area contributed by atoms with Crippen LogP contribution in [0.5, 0.6) is 0 Å². The van der Waals surface area contributed by atoms with Crippen LogP contribution >= 0.6 is 0 Å². The third-order valence-corrected chi connectivity index (χ3v) is 3.32. The summed E-state index contributed by atoms with van der Waals surface area (Å²) in [5, 5.41) is 0. The van der Waals surface area contributed by atoms with Gasteiger partial charge in [-0.15, -0.1) is 0 Å². The van der Waals surface area contributed by atoms with Gasteiger partial charge in [0, 0.05) is 43.6 Å². The molecule has 1 unspecified atom stereocenters. The van der Waals surface area contributed by atoms with Crippen LogP contribution in [0.25, 0.3) is 0 Å². The lowest BCUT2D eigenvalue weighted by atomic mass is 10.1. The molecule has 0 aliphatic carbocycles. The fraction of sp³-hybridized carbons (Fsp3) is 0.312. The molecule has 2 aromatic rings. The van der Waals surface area contributed by atoms with Crippen LogP contribution in [0.15, 0.2) is 42.6 Å². The lowest BCUT2D eigenvalue weighted by Crippen LogP contribution is -2.23. The van der Waals surface area contributed by atoms with Crippen LogP contribution in [0, 0.1) is 5.82 Å². The number of likely N-dealkylation sites (N-methyl/N-ethyl adjacent to an activating group) is 1. The van der Waals surface area contributed by atoms with E-state index in [0.717, 1.165) is 29.9 Å². The molecule has 0 radical (unpaired) electrons. The van der Waals surface area contributed by atoms with E-state index in [0.29, 0.717) is 0 Å². The maximum atomic E-state index is 13.3.